The summed E-state index contributed by atoms with van der Waals surface area (Å²) in [6, 6.07) is 0. The van der Waals surface area contributed by atoms with E-state index in [1.54, 1.807) is 0 Å². The van der Waals surface area contributed by atoms with Crippen LogP contribution < -0.4 is 4.65 Å². The molecule has 0 spiro atoms. The number of hydrogen-bond acceptors (Lipinski definition) is 3. The van der Waals surface area contributed by atoms with E-state index in [0.717, 1.165) is 25.5 Å². The van der Waals surface area contributed by atoms with E-state index in [4.69, 9.17) is 0 Å². The Morgan fingerprint density at radius 1 is 1.17 bits per heavy atom. The summed E-state index contributed by atoms with van der Waals surface area (Å²) in [6.07, 6.45) is 0. The molecule has 0 atom stereocenters. The maximum absolute atomic E-state index is 3.27. The highest BCUT2D eigenvalue weighted by Gasteiger charge is 2.00. The van der Waals surface area contributed by atoms with Gasteiger partial charge < -0.3 is 4.65 Å². The van der Waals surface area contributed by atoms with Gasteiger partial charge in [-0.1, -0.05) is 0 Å². The fraction of sp³-hybridized carbons (Fsp3) is 0. The Morgan fingerprint density at radius 3 is 2.00 bits per heavy atom. The van der Waals surface area contributed by atoms with Gasteiger partial charge in [0.2, 0.25) is 17.7 Å². The predicted molar refractivity (Wildman–Crippen MR) is 35.6 cm³/mol. The van der Waals surface area contributed by atoms with Crippen molar-refractivity contribution >= 4 is 46.8 Å². The molecule has 0 amide bonds. The van der Waals surface area contributed by atoms with Crippen molar-refractivity contribution < 1.29 is 0 Å². The second-order valence-corrected chi connectivity index (χ2v) is 10.7. The molecular formula is HNS2Si3. The van der Waals surface area contributed by atoms with Gasteiger partial charge in [-0.15, -0.1) is 0 Å². The molecule has 0 bridgehead atoms. The topological polar surface area (TPSA) is 12.0 Å². The Bertz CT molecular complexity index is 24.3. The van der Waals surface area contributed by atoms with Crippen molar-refractivity contribution in [1.82, 2.24) is 4.65 Å². The van der Waals surface area contributed by atoms with Crippen LogP contribution >= 0.6 is 21.3 Å². The van der Waals surface area contributed by atoms with Crippen LogP contribution in [0.4, 0.5) is 0 Å². The van der Waals surface area contributed by atoms with Crippen molar-refractivity contribution in [2.24, 2.45) is 0 Å². The molecule has 0 aromatic rings. The largest absolute Gasteiger partial charge is 0.346 e. The number of nitrogens with one attached hydrogen (secondary N) is 1. The van der Waals surface area contributed by atoms with Crippen LogP contribution in [0.2, 0.25) is 0 Å². The van der Waals surface area contributed by atoms with Gasteiger partial charge in [0.05, 0.1) is 0 Å². The lowest BCUT2D eigenvalue weighted by atomic mass is 13.9. The van der Waals surface area contributed by atoms with Gasteiger partial charge in [-0.3, -0.25) is 0 Å². The summed E-state index contributed by atoms with van der Waals surface area (Å²) in [5.41, 5.74) is 0. The molecule has 6 heteroatoms. The molecular weight excluding hydrogens is 162 g/mol. The van der Waals surface area contributed by atoms with Gasteiger partial charge in [-0.2, -0.15) is 21.3 Å². The van der Waals surface area contributed by atoms with Crippen molar-refractivity contribution in [2.45, 2.75) is 0 Å². The second-order valence-electron chi connectivity index (χ2n) is 0.617. The van der Waals surface area contributed by atoms with Crippen LogP contribution in [0.1, 0.15) is 0 Å². The van der Waals surface area contributed by atoms with Crippen LogP contribution in [0.15, 0.2) is 0 Å². The Kier molecular flexibility index (Phi) is 3.02. The van der Waals surface area contributed by atoms with E-state index in [0.29, 0.717) is 0 Å². The van der Waals surface area contributed by atoms with Gasteiger partial charge >= 0.3 is 0 Å². The van der Waals surface area contributed by atoms with Crippen LogP contribution in [-0.2, 0) is 0 Å². The monoisotopic (exact) mass is 163 g/mol. The average Bonchev–Trinajstić information content (AvgIpc) is 1.72. The molecule has 1 fully saturated rings. The maximum atomic E-state index is 3.27. The first-order chi connectivity index (χ1) is 3.00. The summed E-state index contributed by atoms with van der Waals surface area (Å²) in [5, 5.41) is 0. The van der Waals surface area contributed by atoms with Crippen LogP contribution in [0.25, 0.3) is 0 Å². The highest BCUT2D eigenvalue weighted by molar-refractivity contribution is 8.66. The van der Waals surface area contributed by atoms with Crippen molar-refractivity contribution in [2.75, 3.05) is 0 Å². The molecule has 1 rings (SSSR count). The van der Waals surface area contributed by atoms with Gasteiger partial charge in [-0.25, -0.2) is 0 Å². The first kappa shape index (κ1) is 5.45. The lowest BCUT2D eigenvalue weighted by molar-refractivity contribution is 1.66. The van der Waals surface area contributed by atoms with Crippen molar-refractivity contribution in [3.63, 3.8) is 0 Å². The van der Waals surface area contributed by atoms with Gasteiger partial charge in [0.25, 0.3) is 0 Å². The van der Waals surface area contributed by atoms with Crippen molar-refractivity contribution in [1.29, 1.82) is 0 Å². The fourth-order valence-corrected chi connectivity index (χ4v) is 14.3. The molecule has 1 heterocycles. The molecule has 30 valence electrons. The lowest BCUT2D eigenvalue weighted by Crippen LogP contribution is -2.24. The van der Waals surface area contributed by atoms with E-state index >= 15 is 0 Å². The van der Waals surface area contributed by atoms with Crippen LogP contribution in [-0.4, -0.2) is 25.5 Å². The second kappa shape index (κ2) is 3.33. The third kappa shape index (κ3) is 1.85. The minimum absolute atomic E-state index is 0.972. The molecule has 1 aliphatic rings. The molecule has 0 aliphatic carbocycles. The first-order valence-corrected chi connectivity index (χ1v) is 8.85. The van der Waals surface area contributed by atoms with Gasteiger partial charge in [0.1, 0.15) is 0 Å². The van der Waals surface area contributed by atoms with E-state index in [2.05, 4.69) is 4.65 Å². The molecule has 0 unspecified atom stereocenters. The molecule has 1 saturated heterocycles. The third-order valence-corrected chi connectivity index (χ3v) is 12.3. The van der Waals surface area contributed by atoms with E-state index in [-0.39, 0.29) is 0 Å². The molecule has 6 radical (unpaired) electrons. The zero-order valence-electron chi connectivity index (χ0n) is 2.82. The standard InChI is InChI=1S/HNS2Si3/c1-4-2-6-3-5-1/h1H. The Balaban J connectivity index is 2.00. The van der Waals surface area contributed by atoms with Gasteiger partial charge in [0.15, 0.2) is 7.82 Å². The van der Waals surface area contributed by atoms with Gasteiger partial charge in [-0.05, 0) is 0 Å². The smallest absolute Gasteiger partial charge is 0.209 e. The summed E-state index contributed by atoms with van der Waals surface area (Å²) in [5.74, 6) is 0. The lowest BCUT2D eigenvalue weighted by Gasteiger charge is -2.03. The number of hydrogen-bond donors (Lipinski definition) is 1. The van der Waals surface area contributed by atoms with Crippen molar-refractivity contribution in [3.8, 4) is 0 Å². The average molecular weight is 163 g/mol. The van der Waals surface area contributed by atoms with Crippen LogP contribution in [0.3, 0.4) is 0 Å². The maximum Gasteiger partial charge on any atom is 0.209 e. The third-order valence-electron chi connectivity index (χ3n) is 0.287. The SMILES string of the molecule is N1[Si]S[Si]S[Si]1. The van der Waals surface area contributed by atoms with Gasteiger partial charge in [0, 0.05) is 0 Å². The van der Waals surface area contributed by atoms with Crippen molar-refractivity contribution in [3.05, 3.63) is 0 Å². The molecule has 1 N–H and O–H groups in total. The summed E-state index contributed by atoms with van der Waals surface area (Å²) in [7, 11) is 7.06. The normalized spacial score (nSPS) is 24.0. The predicted octanol–water partition coefficient (Wildman–Crippen LogP) is -0.341. The highest BCUT2D eigenvalue weighted by atomic mass is 32.7. The Hall–Kier alpha value is 1.31. The van der Waals surface area contributed by atoms with E-state index < -0.39 is 0 Å². The minimum atomic E-state index is 0.972. The number of rotatable bonds is 0. The Labute approximate surface area is 51.6 Å². The zero-order chi connectivity index (χ0) is 4.24. The fourth-order valence-electron chi connectivity index (χ4n) is 0.134. The van der Waals surface area contributed by atoms with Crippen LogP contribution in [0.5, 0.6) is 0 Å². The Morgan fingerprint density at radius 2 is 1.83 bits per heavy atom. The first-order valence-electron chi connectivity index (χ1n) is 1.32. The molecule has 6 heavy (non-hydrogen) atoms. The molecule has 0 saturated carbocycles. The molecule has 0 aromatic carbocycles. The van der Waals surface area contributed by atoms with E-state index in [1.807, 2.05) is 21.3 Å². The molecule has 0 aromatic heterocycles. The molecule has 1 nitrogen and oxygen atoms in total. The highest BCUT2D eigenvalue weighted by Crippen LogP contribution is 2.06. The van der Waals surface area contributed by atoms with Crippen LogP contribution in [0, 0.1) is 0 Å². The summed E-state index contributed by atoms with van der Waals surface area (Å²) in [4.78, 5) is 0. The quantitative estimate of drug-likeness (QED) is 0.491. The summed E-state index contributed by atoms with van der Waals surface area (Å²) < 4.78 is 3.27. The molecule has 1 aliphatic heterocycles. The zero-order valence-corrected chi connectivity index (χ0v) is 7.45. The summed E-state index contributed by atoms with van der Waals surface area (Å²) >= 11 is 0. The summed E-state index contributed by atoms with van der Waals surface area (Å²) in [6.45, 7) is 0. The van der Waals surface area contributed by atoms with E-state index in [9.17, 15) is 0 Å². The minimum Gasteiger partial charge on any atom is -0.346 e. The van der Waals surface area contributed by atoms with E-state index in [1.165, 1.54) is 0 Å².